The Morgan fingerprint density at radius 3 is 2.03 bits per heavy atom. The Morgan fingerprint density at radius 2 is 1.52 bits per heavy atom. The van der Waals surface area contributed by atoms with Gasteiger partial charge in [-0.15, -0.1) is 0 Å². The van der Waals surface area contributed by atoms with Gasteiger partial charge in [0.2, 0.25) is 17.7 Å². The summed E-state index contributed by atoms with van der Waals surface area (Å²) in [7, 11) is 0. The van der Waals surface area contributed by atoms with E-state index in [1.807, 2.05) is 0 Å². The molecule has 0 saturated carbocycles. The number of nitrogens with two attached hydrogens (primary N) is 1. The molecule has 11 heteroatoms. The molecule has 7 N–H and O–H groups in total. The normalized spacial score (nSPS) is 15.3. The SMILES string of the molecule is CCC(C)C(NC(=O)C(C)NC(=O)C(CC(=O)O)NC(=O)C(N)Cc1ccccc1)C(=O)O. The van der Waals surface area contributed by atoms with Crippen LogP contribution in [0.2, 0.25) is 0 Å². The van der Waals surface area contributed by atoms with Crippen LogP contribution >= 0.6 is 0 Å². The Morgan fingerprint density at radius 1 is 0.909 bits per heavy atom. The molecule has 1 aromatic rings. The lowest BCUT2D eigenvalue weighted by Gasteiger charge is -2.24. The highest BCUT2D eigenvalue weighted by molar-refractivity contribution is 5.95. The first-order valence-corrected chi connectivity index (χ1v) is 10.6. The van der Waals surface area contributed by atoms with E-state index in [2.05, 4.69) is 16.0 Å². The van der Waals surface area contributed by atoms with Gasteiger partial charge in [0.05, 0.1) is 12.5 Å². The van der Waals surface area contributed by atoms with E-state index in [-0.39, 0.29) is 12.3 Å². The number of benzene rings is 1. The monoisotopic (exact) mass is 464 g/mol. The number of nitrogens with one attached hydrogen (secondary N) is 3. The predicted octanol–water partition coefficient (Wildman–Crippen LogP) is -0.364. The molecule has 182 valence electrons. The van der Waals surface area contributed by atoms with Gasteiger partial charge < -0.3 is 31.9 Å². The van der Waals surface area contributed by atoms with Gasteiger partial charge in [-0.3, -0.25) is 19.2 Å². The highest BCUT2D eigenvalue weighted by Crippen LogP contribution is 2.08. The maximum absolute atomic E-state index is 12.6. The molecule has 0 aromatic heterocycles. The molecular weight excluding hydrogens is 432 g/mol. The lowest BCUT2D eigenvalue weighted by atomic mass is 9.99. The lowest BCUT2D eigenvalue weighted by Crippen LogP contribution is -2.57. The number of hydrogen-bond donors (Lipinski definition) is 6. The van der Waals surface area contributed by atoms with Gasteiger partial charge in [0.15, 0.2) is 0 Å². The molecule has 33 heavy (non-hydrogen) atoms. The molecule has 0 aliphatic heterocycles. The fourth-order valence-electron chi connectivity index (χ4n) is 2.96. The van der Waals surface area contributed by atoms with Crippen LogP contribution in [0.5, 0.6) is 0 Å². The third-order valence-corrected chi connectivity index (χ3v) is 5.18. The molecule has 1 aromatic carbocycles. The van der Waals surface area contributed by atoms with Crippen molar-refractivity contribution < 1.29 is 34.2 Å². The van der Waals surface area contributed by atoms with Crippen LogP contribution in [0, 0.1) is 5.92 Å². The molecule has 0 aliphatic rings. The number of amides is 3. The van der Waals surface area contributed by atoms with Crippen molar-refractivity contribution in [3.8, 4) is 0 Å². The summed E-state index contributed by atoms with van der Waals surface area (Å²) >= 11 is 0. The van der Waals surface area contributed by atoms with Crippen LogP contribution in [-0.2, 0) is 30.4 Å². The van der Waals surface area contributed by atoms with Crippen molar-refractivity contribution in [1.29, 1.82) is 0 Å². The number of aliphatic carboxylic acids is 2. The Bertz CT molecular complexity index is 846. The fraction of sp³-hybridized carbons (Fsp3) is 0.500. The van der Waals surface area contributed by atoms with Gasteiger partial charge in [0.25, 0.3) is 0 Å². The molecule has 0 radical (unpaired) electrons. The van der Waals surface area contributed by atoms with Crippen LogP contribution in [0.3, 0.4) is 0 Å². The van der Waals surface area contributed by atoms with Gasteiger partial charge in [-0.25, -0.2) is 4.79 Å². The van der Waals surface area contributed by atoms with Gasteiger partial charge in [0.1, 0.15) is 18.1 Å². The van der Waals surface area contributed by atoms with Crippen LogP contribution in [0.1, 0.15) is 39.2 Å². The summed E-state index contributed by atoms with van der Waals surface area (Å²) in [5.74, 6) is -5.28. The van der Waals surface area contributed by atoms with Crippen molar-refractivity contribution in [2.45, 2.75) is 64.2 Å². The van der Waals surface area contributed by atoms with Crippen LogP contribution in [0.25, 0.3) is 0 Å². The van der Waals surface area contributed by atoms with Crippen molar-refractivity contribution in [3.63, 3.8) is 0 Å². The molecule has 0 fully saturated rings. The third-order valence-electron chi connectivity index (χ3n) is 5.18. The maximum Gasteiger partial charge on any atom is 0.326 e. The molecule has 5 atom stereocenters. The Kier molecular flexibility index (Phi) is 11.0. The number of carboxylic acids is 2. The van der Waals surface area contributed by atoms with E-state index in [0.29, 0.717) is 6.42 Å². The minimum Gasteiger partial charge on any atom is -0.481 e. The molecule has 0 aliphatic carbocycles. The predicted molar refractivity (Wildman–Crippen MR) is 119 cm³/mol. The zero-order chi connectivity index (χ0) is 25.1. The minimum absolute atomic E-state index is 0.180. The highest BCUT2D eigenvalue weighted by atomic mass is 16.4. The third kappa shape index (κ3) is 9.27. The number of rotatable bonds is 13. The quantitative estimate of drug-likeness (QED) is 0.228. The van der Waals surface area contributed by atoms with Crippen molar-refractivity contribution in [3.05, 3.63) is 35.9 Å². The van der Waals surface area contributed by atoms with Crippen LogP contribution in [0.4, 0.5) is 0 Å². The summed E-state index contributed by atoms with van der Waals surface area (Å²) < 4.78 is 0. The Labute approximate surface area is 192 Å². The number of carbonyl (C=O) groups excluding carboxylic acids is 3. The van der Waals surface area contributed by atoms with Crippen molar-refractivity contribution >= 4 is 29.7 Å². The molecule has 0 bridgehead atoms. The van der Waals surface area contributed by atoms with Gasteiger partial charge in [-0.05, 0) is 24.8 Å². The second kappa shape index (κ2) is 13.2. The molecule has 0 saturated heterocycles. The second-order valence-electron chi connectivity index (χ2n) is 7.90. The standard InChI is InChI=1S/C22H32N4O7/c1-4-12(2)18(22(32)33)26-19(29)13(3)24-21(31)16(11-17(27)28)25-20(30)15(23)10-14-8-6-5-7-9-14/h5-9,12-13,15-16,18H,4,10-11,23H2,1-3H3,(H,24,31)(H,25,30)(H,26,29)(H,27,28)(H,32,33). The van der Waals surface area contributed by atoms with E-state index in [1.54, 1.807) is 44.2 Å². The number of carboxylic acid groups (broad SMARTS) is 2. The summed E-state index contributed by atoms with van der Waals surface area (Å²) in [6.07, 6.45) is -0.0401. The van der Waals surface area contributed by atoms with Gasteiger partial charge in [-0.1, -0.05) is 50.6 Å². The van der Waals surface area contributed by atoms with E-state index in [9.17, 15) is 29.1 Å². The van der Waals surface area contributed by atoms with Gasteiger partial charge in [0, 0.05) is 0 Å². The number of hydrogen-bond acceptors (Lipinski definition) is 6. The molecule has 11 nitrogen and oxygen atoms in total. The van der Waals surface area contributed by atoms with E-state index >= 15 is 0 Å². The van der Waals surface area contributed by atoms with E-state index in [1.165, 1.54) is 6.92 Å². The van der Waals surface area contributed by atoms with Gasteiger partial charge >= 0.3 is 11.9 Å². The zero-order valence-corrected chi connectivity index (χ0v) is 18.9. The van der Waals surface area contributed by atoms with E-state index in [0.717, 1.165) is 5.56 Å². The maximum atomic E-state index is 12.6. The average molecular weight is 465 g/mol. The minimum atomic E-state index is -1.48. The lowest BCUT2D eigenvalue weighted by molar-refractivity contribution is -0.144. The molecule has 3 amide bonds. The second-order valence-corrected chi connectivity index (χ2v) is 7.90. The first kappa shape index (κ1) is 27.6. The molecule has 5 unspecified atom stereocenters. The van der Waals surface area contributed by atoms with Crippen LogP contribution in [-0.4, -0.2) is 64.0 Å². The molecule has 0 spiro atoms. The Hall–Kier alpha value is -3.47. The van der Waals surface area contributed by atoms with E-state index < -0.39 is 60.2 Å². The average Bonchev–Trinajstić information content (AvgIpc) is 2.76. The summed E-state index contributed by atoms with van der Waals surface area (Å²) in [5.41, 5.74) is 6.68. The molecule has 1 rings (SSSR count). The summed E-state index contributed by atoms with van der Waals surface area (Å²) in [4.78, 5) is 60.0. The molecular formula is C22H32N4O7. The van der Waals surface area contributed by atoms with Crippen LogP contribution in [0.15, 0.2) is 30.3 Å². The Balaban J connectivity index is 2.79. The van der Waals surface area contributed by atoms with Crippen LogP contribution < -0.4 is 21.7 Å². The van der Waals surface area contributed by atoms with E-state index in [4.69, 9.17) is 10.8 Å². The highest BCUT2D eigenvalue weighted by Gasteiger charge is 2.31. The largest absolute Gasteiger partial charge is 0.481 e. The molecule has 0 heterocycles. The van der Waals surface area contributed by atoms with Crippen molar-refractivity contribution in [2.75, 3.05) is 0 Å². The zero-order valence-electron chi connectivity index (χ0n) is 18.9. The summed E-state index contributed by atoms with van der Waals surface area (Å²) in [6, 6.07) is 4.10. The smallest absolute Gasteiger partial charge is 0.326 e. The van der Waals surface area contributed by atoms with Crippen molar-refractivity contribution in [1.82, 2.24) is 16.0 Å². The first-order chi connectivity index (χ1) is 15.5. The van der Waals surface area contributed by atoms with Crippen molar-refractivity contribution in [2.24, 2.45) is 11.7 Å². The van der Waals surface area contributed by atoms with Gasteiger partial charge in [-0.2, -0.15) is 0 Å². The summed E-state index contributed by atoms with van der Waals surface area (Å²) in [5, 5.41) is 25.4. The number of carbonyl (C=O) groups is 5. The fourth-order valence-corrected chi connectivity index (χ4v) is 2.96. The topological polar surface area (TPSA) is 188 Å². The first-order valence-electron chi connectivity index (χ1n) is 10.6. The summed E-state index contributed by atoms with van der Waals surface area (Å²) in [6.45, 7) is 4.77.